The van der Waals surface area contributed by atoms with E-state index in [4.69, 9.17) is 18.9 Å². The second-order valence-electron chi connectivity index (χ2n) is 6.67. The first-order valence-corrected chi connectivity index (χ1v) is 10.1. The first-order valence-electron chi connectivity index (χ1n) is 9.28. The fraction of sp³-hybridized carbons (Fsp3) is 0.174. The Morgan fingerprint density at radius 2 is 1.73 bits per heavy atom. The summed E-state index contributed by atoms with van der Waals surface area (Å²) in [6, 6.07) is 15.1. The highest BCUT2D eigenvalue weighted by Gasteiger charge is 2.12. The summed E-state index contributed by atoms with van der Waals surface area (Å²) < 4.78 is 16.7. The van der Waals surface area contributed by atoms with Gasteiger partial charge in [-0.1, -0.05) is 11.3 Å². The van der Waals surface area contributed by atoms with Gasteiger partial charge in [0.25, 0.3) is 0 Å². The molecule has 30 heavy (non-hydrogen) atoms. The maximum absolute atomic E-state index is 11.8. The van der Waals surface area contributed by atoms with E-state index in [0.29, 0.717) is 38.2 Å². The molecule has 2 aromatic heterocycles. The van der Waals surface area contributed by atoms with Crippen molar-refractivity contribution >= 4 is 33.2 Å². The maximum atomic E-state index is 11.8. The fourth-order valence-electron chi connectivity index (χ4n) is 3.12. The number of ether oxygens (including phenoxy) is 2. The molecule has 0 spiro atoms. The number of aryl methyl sites for hydroxylation is 1. The predicted octanol–water partition coefficient (Wildman–Crippen LogP) is 5.32. The Hall–Kier alpha value is -3.45. The topological polar surface area (TPSA) is 73.9 Å². The van der Waals surface area contributed by atoms with E-state index < -0.39 is 0 Å². The van der Waals surface area contributed by atoms with Crippen molar-refractivity contribution < 1.29 is 18.7 Å². The van der Waals surface area contributed by atoms with Gasteiger partial charge in [0.1, 0.15) is 22.8 Å². The van der Waals surface area contributed by atoms with Gasteiger partial charge in [0.05, 0.1) is 30.1 Å². The van der Waals surface area contributed by atoms with Crippen LogP contribution in [0.15, 0.2) is 57.9 Å². The summed E-state index contributed by atoms with van der Waals surface area (Å²) in [7, 11) is 3.25. The lowest BCUT2D eigenvalue weighted by molar-refractivity contribution is 0.102. The van der Waals surface area contributed by atoms with Crippen LogP contribution in [0, 0.1) is 6.92 Å². The SMILES string of the molecule is COc1ccc(-c2cc(=Nc3nc(C)c(C(C)=O)s3)c3cc(OC)ccc3o2)cc1. The number of aromatic nitrogens is 1. The summed E-state index contributed by atoms with van der Waals surface area (Å²) in [6.07, 6.45) is 0. The molecule has 0 saturated heterocycles. The van der Waals surface area contributed by atoms with Gasteiger partial charge in [-0.05, 0) is 49.4 Å². The van der Waals surface area contributed by atoms with Gasteiger partial charge >= 0.3 is 0 Å². The molecule has 0 saturated carbocycles. The fourth-order valence-corrected chi connectivity index (χ4v) is 3.97. The normalized spacial score (nSPS) is 11.7. The van der Waals surface area contributed by atoms with Gasteiger partial charge in [0.15, 0.2) is 5.78 Å². The van der Waals surface area contributed by atoms with Crippen LogP contribution in [0.4, 0.5) is 5.13 Å². The molecule has 0 fully saturated rings. The van der Waals surface area contributed by atoms with Gasteiger partial charge in [-0.3, -0.25) is 4.79 Å². The van der Waals surface area contributed by atoms with E-state index >= 15 is 0 Å². The monoisotopic (exact) mass is 420 g/mol. The summed E-state index contributed by atoms with van der Waals surface area (Å²) in [6.45, 7) is 3.35. The first-order chi connectivity index (χ1) is 14.5. The number of hydrogen-bond acceptors (Lipinski definition) is 7. The molecule has 0 aliphatic heterocycles. The molecule has 2 aromatic carbocycles. The van der Waals surface area contributed by atoms with Crippen LogP contribution in [0.3, 0.4) is 0 Å². The molecule has 0 unspecified atom stereocenters. The lowest BCUT2D eigenvalue weighted by Crippen LogP contribution is -2.03. The molecule has 0 N–H and O–H groups in total. The molecule has 7 heteroatoms. The molecule has 2 heterocycles. The molecular formula is C23H20N2O4S. The molecule has 4 rings (SSSR count). The van der Waals surface area contributed by atoms with Gasteiger partial charge in [0.2, 0.25) is 5.13 Å². The van der Waals surface area contributed by atoms with Crippen molar-refractivity contribution in [3.05, 3.63) is 64.5 Å². The Balaban J connectivity index is 1.95. The second kappa shape index (κ2) is 8.12. The van der Waals surface area contributed by atoms with Gasteiger partial charge in [-0.2, -0.15) is 0 Å². The molecule has 0 bridgehead atoms. The Kier molecular flexibility index (Phi) is 5.37. The molecule has 4 aromatic rings. The largest absolute Gasteiger partial charge is 0.497 e. The van der Waals surface area contributed by atoms with E-state index in [1.807, 2.05) is 55.5 Å². The third-order valence-electron chi connectivity index (χ3n) is 4.65. The lowest BCUT2D eigenvalue weighted by Gasteiger charge is -2.07. The van der Waals surface area contributed by atoms with Crippen LogP contribution in [0.2, 0.25) is 0 Å². The number of fused-ring (bicyclic) bond motifs is 1. The number of ketones is 1. The van der Waals surface area contributed by atoms with Crippen molar-refractivity contribution in [1.29, 1.82) is 0 Å². The molecule has 152 valence electrons. The zero-order chi connectivity index (χ0) is 21.3. The molecule has 0 amide bonds. The van der Waals surface area contributed by atoms with Crippen molar-refractivity contribution in [3.63, 3.8) is 0 Å². The number of hydrogen-bond donors (Lipinski definition) is 0. The highest BCUT2D eigenvalue weighted by Crippen LogP contribution is 2.28. The van der Waals surface area contributed by atoms with Crippen LogP contribution in [0.5, 0.6) is 11.5 Å². The zero-order valence-electron chi connectivity index (χ0n) is 17.1. The van der Waals surface area contributed by atoms with Crippen molar-refractivity contribution in [2.24, 2.45) is 4.99 Å². The second-order valence-corrected chi connectivity index (χ2v) is 7.64. The molecular weight excluding hydrogens is 400 g/mol. The van der Waals surface area contributed by atoms with E-state index in [0.717, 1.165) is 16.7 Å². The van der Waals surface area contributed by atoms with Crippen molar-refractivity contribution in [3.8, 4) is 22.8 Å². The summed E-state index contributed by atoms with van der Waals surface area (Å²) in [5.74, 6) is 2.12. The molecule has 6 nitrogen and oxygen atoms in total. The Morgan fingerprint density at radius 1 is 1.03 bits per heavy atom. The van der Waals surface area contributed by atoms with E-state index in [-0.39, 0.29) is 5.78 Å². The minimum Gasteiger partial charge on any atom is -0.497 e. The Bertz CT molecular complexity index is 1300. The molecule has 0 radical (unpaired) electrons. The average molecular weight is 420 g/mol. The summed E-state index contributed by atoms with van der Waals surface area (Å²) in [5.41, 5.74) is 2.25. The van der Waals surface area contributed by atoms with Crippen LogP contribution < -0.4 is 14.8 Å². The Morgan fingerprint density at radius 3 is 2.37 bits per heavy atom. The third-order valence-corrected chi connectivity index (χ3v) is 5.80. The number of carbonyl (C=O) groups excluding carboxylic acids is 1. The molecule has 0 aliphatic carbocycles. The number of Topliss-reactive ketones (excluding diaryl/α,β-unsaturated/α-hetero) is 1. The van der Waals surface area contributed by atoms with E-state index in [9.17, 15) is 4.79 Å². The van der Waals surface area contributed by atoms with Gasteiger partial charge < -0.3 is 13.9 Å². The average Bonchev–Trinajstić information content (AvgIpc) is 3.13. The van der Waals surface area contributed by atoms with Crippen LogP contribution in [0.25, 0.3) is 22.3 Å². The number of rotatable bonds is 5. The van der Waals surface area contributed by atoms with Crippen LogP contribution in [-0.4, -0.2) is 25.0 Å². The van der Waals surface area contributed by atoms with Crippen molar-refractivity contribution in [1.82, 2.24) is 4.98 Å². The zero-order valence-corrected chi connectivity index (χ0v) is 17.9. The van der Waals surface area contributed by atoms with Crippen molar-refractivity contribution in [2.75, 3.05) is 14.2 Å². The standard InChI is InChI=1S/C23H20N2O4S/c1-13-22(14(2)26)30-23(24-13)25-19-12-21(15-5-7-16(27-3)8-6-15)29-20-10-9-17(28-4)11-18(19)20/h5-12H,1-4H3. The summed E-state index contributed by atoms with van der Waals surface area (Å²) in [5, 5.41) is 2.00. The molecule has 0 aliphatic rings. The highest BCUT2D eigenvalue weighted by molar-refractivity contribution is 7.17. The van der Waals surface area contributed by atoms with Gasteiger partial charge in [0, 0.05) is 23.9 Å². The number of methoxy groups -OCH3 is 2. The smallest absolute Gasteiger partial charge is 0.210 e. The van der Waals surface area contributed by atoms with Crippen molar-refractivity contribution in [2.45, 2.75) is 13.8 Å². The van der Waals surface area contributed by atoms with Crippen LogP contribution in [-0.2, 0) is 0 Å². The van der Waals surface area contributed by atoms with E-state index in [1.165, 1.54) is 18.3 Å². The predicted molar refractivity (Wildman–Crippen MR) is 117 cm³/mol. The minimum absolute atomic E-state index is 0.0139. The summed E-state index contributed by atoms with van der Waals surface area (Å²) >= 11 is 1.28. The minimum atomic E-state index is -0.0139. The lowest BCUT2D eigenvalue weighted by atomic mass is 10.1. The number of thiazole rings is 1. The number of benzene rings is 2. The number of nitrogens with zero attached hydrogens (tertiary/aromatic N) is 2. The maximum Gasteiger partial charge on any atom is 0.210 e. The van der Waals surface area contributed by atoms with Crippen LogP contribution >= 0.6 is 11.3 Å². The van der Waals surface area contributed by atoms with Gasteiger partial charge in [-0.25, -0.2) is 9.98 Å². The third kappa shape index (κ3) is 3.84. The van der Waals surface area contributed by atoms with Gasteiger partial charge in [-0.15, -0.1) is 0 Å². The highest BCUT2D eigenvalue weighted by atomic mass is 32.1. The van der Waals surface area contributed by atoms with Crippen LogP contribution in [0.1, 0.15) is 22.3 Å². The molecule has 0 atom stereocenters. The van der Waals surface area contributed by atoms with E-state index in [2.05, 4.69) is 4.98 Å². The number of carbonyl (C=O) groups is 1. The first kappa shape index (κ1) is 19.8. The Labute approximate surface area is 177 Å². The summed E-state index contributed by atoms with van der Waals surface area (Å²) in [4.78, 5) is 21.6. The van der Waals surface area contributed by atoms with E-state index in [1.54, 1.807) is 14.2 Å². The quantitative estimate of drug-likeness (QED) is 0.409.